The van der Waals surface area contributed by atoms with Crippen LogP contribution in [0.4, 0.5) is 0 Å². The molecule has 0 saturated carbocycles. The van der Waals surface area contributed by atoms with Gasteiger partial charge in [0.15, 0.2) is 0 Å². The molecular formula is C2H7Na3O7P2. The molecule has 0 aromatic rings. The van der Waals surface area contributed by atoms with Gasteiger partial charge in [0, 0.05) is 0 Å². The van der Waals surface area contributed by atoms with Gasteiger partial charge in [0.2, 0.25) is 0 Å². The Morgan fingerprint density at radius 1 is 1.36 bits per heavy atom. The van der Waals surface area contributed by atoms with Crippen LogP contribution >= 0.6 is 16.1 Å². The Morgan fingerprint density at radius 2 is 1.57 bits per heavy atom. The average molecular weight is 274 g/mol. The molecule has 0 aliphatic heterocycles. The van der Waals surface area contributed by atoms with Gasteiger partial charge >= 0.3 is 88.7 Å². The third-order valence-corrected chi connectivity index (χ3v) is 0.877. The standard InChI is InChI=1S/C2H7O4P.3Na.H3O3P/c1-2-6-7(3,4)5;;;;1-4(2)3/h2H2,1H3,(H2,3,4,5);;;;4H,(H2,1,2,3)/q;3*+1;/p-3. The molecular weight excluding hydrogens is 267 g/mol. The van der Waals surface area contributed by atoms with Crippen molar-refractivity contribution in [2.45, 2.75) is 6.92 Å². The Kier molecular flexibility index (Phi) is 40.4. The van der Waals surface area contributed by atoms with Crippen LogP contribution in [-0.2, 0) is 13.7 Å². The molecule has 1 atom stereocenters. The van der Waals surface area contributed by atoms with Gasteiger partial charge in [-0.1, -0.05) is 8.25 Å². The Morgan fingerprint density at radius 3 is 1.57 bits per heavy atom. The van der Waals surface area contributed by atoms with Crippen molar-refractivity contribution in [1.82, 2.24) is 0 Å². The maximum Gasteiger partial charge on any atom is 1.00 e. The quantitative estimate of drug-likeness (QED) is 0.390. The van der Waals surface area contributed by atoms with Gasteiger partial charge in [0.1, 0.15) is 0 Å². The predicted octanol–water partition coefficient (Wildman–Crippen LogP) is -11.4. The fourth-order valence-electron chi connectivity index (χ4n) is 0.163. The van der Waals surface area contributed by atoms with E-state index in [4.69, 9.17) is 19.2 Å². The molecule has 0 aromatic carbocycles. The van der Waals surface area contributed by atoms with E-state index in [1.54, 1.807) is 0 Å². The smallest absolute Gasteiger partial charge is 0.813 e. The minimum Gasteiger partial charge on any atom is -0.813 e. The summed E-state index contributed by atoms with van der Waals surface area (Å²) in [5.41, 5.74) is 0. The van der Waals surface area contributed by atoms with Crippen LogP contribution in [0.1, 0.15) is 6.92 Å². The Labute approximate surface area is 149 Å². The number of phosphoric acid groups is 1. The summed E-state index contributed by atoms with van der Waals surface area (Å²) in [5, 5.41) is 0. The molecule has 0 bridgehead atoms. The van der Waals surface area contributed by atoms with Crippen molar-refractivity contribution in [1.29, 1.82) is 0 Å². The zero-order valence-electron chi connectivity index (χ0n) is 8.55. The number of phosphoric ester groups is 1. The van der Waals surface area contributed by atoms with Crippen molar-refractivity contribution in [3.05, 3.63) is 0 Å². The third kappa shape index (κ3) is 58.9. The van der Waals surface area contributed by atoms with E-state index in [2.05, 4.69) is 4.52 Å². The SMILES string of the molecule is CCOP(=O)([O-])O.O=[PH]([O-])[O-].[Na+].[Na+].[Na+]. The molecule has 0 aromatic heterocycles. The molecule has 12 heteroatoms. The molecule has 7 nitrogen and oxygen atoms in total. The van der Waals surface area contributed by atoms with Gasteiger partial charge < -0.3 is 28.7 Å². The van der Waals surface area contributed by atoms with Crippen molar-refractivity contribution in [2.24, 2.45) is 0 Å². The largest absolute Gasteiger partial charge is 1.00 e. The van der Waals surface area contributed by atoms with E-state index in [9.17, 15) is 9.46 Å². The van der Waals surface area contributed by atoms with Crippen LogP contribution in [0.25, 0.3) is 0 Å². The zero-order chi connectivity index (χ0) is 9.49. The van der Waals surface area contributed by atoms with Crippen molar-refractivity contribution < 1.29 is 122 Å². The monoisotopic (exact) mass is 274 g/mol. The van der Waals surface area contributed by atoms with E-state index in [1.165, 1.54) is 6.92 Å². The molecule has 0 aliphatic rings. The molecule has 0 rings (SSSR count). The second-order valence-corrected chi connectivity index (χ2v) is 2.83. The van der Waals surface area contributed by atoms with Gasteiger partial charge in [-0.05, 0) is 6.92 Å². The minimum atomic E-state index is -4.42. The first-order valence-corrected chi connectivity index (χ1v) is 5.08. The fourth-order valence-corrected chi connectivity index (χ4v) is 0.489. The maximum absolute atomic E-state index is 9.59. The number of hydrogen-bond donors (Lipinski definition) is 1. The molecule has 0 fully saturated rings. The normalized spacial score (nSPS) is 11.9. The first-order chi connectivity index (χ1) is 4.79. The molecule has 0 radical (unpaired) electrons. The van der Waals surface area contributed by atoms with Crippen molar-refractivity contribution >= 4 is 16.1 Å². The average Bonchev–Trinajstić information content (AvgIpc) is 1.58. The fraction of sp³-hybridized carbons (Fsp3) is 1.00. The first-order valence-electron chi connectivity index (χ1n) is 2.36. The van der Waals surface area contributed by atoms with E-state index < -0.39 is 16.1 Å². The number of rotatable bonds is 2. The van der Waals surface area contributed by atoms with Crippen LogP contribution in [0.5, 0.6) is 0 Å². The molecule has 0 amide bonds. The van der Waals surface area contributed by atoms with E-state index >= 15 is 0 Å². The third-order valence-electron chi connectivity index (χ3n) is 0.292. The van der Waals surface area contributed by atoms with E-state index in [0.717, 1.165) is 0 Å². The van der Waals surface area contributed by atoms with Gasteiger partial charge in [-0.15, -0.1) is 0 Å². The topological polar surface area (TPSA) is 133 Å². The summed E-state index contributed by atoms with van der Waals surface area (Å²) in [6.45, 7) is 1.46. The van der Waals surface area contributed by atoms with Crippen LogP contribution in [-0.4, -0.2) is 11.5 Å². The second-order valence-electron chi connectivity index (χ2n) is 1.14. The molecule has 1 unspecified atom stereocenters. The summed E-state index contributed by atoms with van der Waals surface area (Å²) in [6, 6.07) is 0. The second kappa shape index (κ2) is 18.6. The van der Waals surface area contributed by atoms with Gasteiger partial charge in [0.05, 0.1) is 6.61 Å². The van der Waals surface area contributed by atoms with Crippen LogP contribution in [0.15, 0.2) is 0 Å². The molecule has 0 spiro atoms. The van der Waals surface area contributed by atoms with Gasteiger partial charge in [-0.2, -0.15) is 0 Å². The summed E-state index contributed by atoms with van der Waals surface area (Å²) < 4.78 is 21.9. The maximum atomic E-state index is 9.59. The zero-order valence-corrected chi connectivity index (χ0v) is 16.4. The predicted molar refractivity (Wildman–Crippen MR) is 30.5 cm³/mol. The van der Waals surface area contributed by atoms with Crippen molar-refractivity contribution in [2.75, 3.05) is 6.61 Å². The molecule has 0 aliphatic carbocycles. The van der Waals surface area contributed by atoms with Crippen molar-refractivity contribution in [3.63, 3.8) is 0 Å². The Bertz CT molecular complexity index is 155. The number of hydrogen-bond acceptors (Lipinski definition) is 6. The Hall–Kier alpha value is 3.26. The van der Waals surface area contributed by atoms with Gasteiger partial charge in [-0.3, -0.25) is 4.57 Å². The van der Waals surface area contributed by atoms with Crippen LogP contribution in [0.3, 0.4) is 0 Å². The van der Waals surface area contributed by atoms with Gasteiger partial charge in [0.25, 0.3) is 7.82 Å². The van der Waals surface area contributed by atoms with Gasteiger partial charge in [-0.25, -0.2) is 0 Å². The molecule has 1 N–H and O–H groups in total. The summed E-state index contributed by atoms with van der Waals surface area (Å²) in [7, 11) is -8.05. The van der Waals surface area contributed by atoms with Crippen LogP contribution in [0.2, 0.25) is 0 Å². The summed E-state index contributed by atoms with van der Waals surface area (Å²) in [6.07, 6.45) is 0. The molecule has 70 valence electrons. The molecule has 14 heavy (non-hydrogen) atoms. The minimum absolute atomic E-state index is 0. The summed E-state index contributed by atoms with van der Waals surface area (Å²) in [5.74, 6) is 0. The first kappa shape index (κ1) is 30.4. The van der Waals surface area contributed by atoms with E-state index in [0.29, 0.717) is 0 Å². The molecule has 0 heterocycles. The van der Waals surface area contributed by atoms with Crippen molar-refractivity contribution in [3.8, 4) is 0 Å². The van der Waals surface area contributed by atoms with E-state index in [-0.39, 0.29) is 95.3 Å². The summed E-state index contributed by atoms with van der Waals surface area (Å²) in [4.78, 5) is 34.4. The summed E-state index contributed by atoms with van der Waals surface area (Å²) >= 11 is 0. The molecule has 0 saturated heterocycles. The van der Waals surface area contributed by atoms with E-state index in [1.807, 2.05) is 0 Å². The van der Waals surface area contributed by atoms with Crippen LogP contribution < -0.4 is 103 Å². The van der Waals surface area contributed by atoms with Crippen LogP contribution in [0, 0.1) is 0 Å². The Balaban J connectivity index is -0.0000000347.